The topological polar surface area (TPSA) is 86.7 Å². The Morgan fingerprint density at radius 3 is 2.12 bits per heavy atom. The van der Waals surface area contributed by atoms with Gasteiger partial charge in [-0.05, 0) is 55.3 Å². The fourth-order valence-corrected chi connectivity index (χ4v) is 4.76. The Bertz CT molecular complexity index is 1320. The lowest BCUT2D eigenvalue weighted by Gasteiger charge is -2.14. The molecule has 0 aliphatic rings. The number of esters is 2. The lowest BCUT2D eigenvalue weighted by Crippen LogP contribution is -2.18. The van der Waals surface area contributed by atoms with E-state index in [1.165, 1.54) is 48.5 Å². The molecular formula is C25H22F2O6S. The summed E-state index contributed by atoms with van der Waals surface area (Å²) in [6, 6.07) is 12.8. The van der Waals surface area contributed by atoms with E-state index in [1.807, 2.05) is 0 Å². The summed E-state index contributed by atoms with van der Waals surface area (Å²) in [4.78, 5) is 24.9. The summed E-state index contributed by atoms with van der Waals surface area (Å²) in [6.45, 7) is 3.30. The zero-order valence-electron chi connectivity index (χ0n) is 18.5. The average Bonchev–Trinajstić information content (AvgIpc) is 2.79. The average molecular weight is 489 g/mol. The first-order chi connectivity index (χ1) is 16.2. The fraction of sp³-hybridized carbons (Fsp3) is 0.200. The van der Waals surface area contributed by atoms with E-state index in [1.54, 1.807) is 13.8 Å². The number of ether oxygens (including phenoxy) is 2. The molecule has 0 atom stereocenters. The lowest BCUT2D eigenvalue weighted by molar-refractivity contribution is 0.0478. The van der Waals surface area contributed by atoms with E-state index in [-0.39, 0.29) is 40.4 Å². The standard InChI is InChI=1S/C25H22F2O6S/c1-3-32-24(28)21-7-5-6-17(23(21)25(29)33-4-2)15-34(30,31)19-11-8-16(9-12-19)20-13-10-18(26)14-22(20)27/h5-14H,3-4,15H2,1-2H3. The highest BCUT2D eigenvalue weighted by Crippen LogP contribution is 2.27. The first kappa shape index (κ1) is 25.0. The molecule has 3 aromatic rings. The Hall–Kier alpha value is -3.59. The third-order valence-corrected chi connectivity index (χ3v) is 6.61. The van der Waals surface area contributed by atoms with Gasteiger partial charge in [-0.3, -0.25) is 0 Å². The minimum absolute atomic E-state index is 0.0313. The maximum Gasteiger partial charge on any atom is 0.339 e. The van der Waals surface area contributed by atoms with E-state index >= 15 is 0 Å². The monoisotopic (exact) mass is 488 g/mol. The van der Waals surface area contributed by atoms with E-state index in [0.29, 0.717) is 5.56 Å². The molecule has 0 N–H and O–H groups in total. The highest BCUT2D eigenvalue weighted by Gasteiger charge is 2.26. The van der Waals surface area contributed by atoms with Crippen LogP contribution in [0.5, 0.6) is 0 Å². The van der Waals surface area contributed by atoms with Crippen molar-refractivity contribution < 1.29 is 36.3 Å². The molecule has 0 unspecified atom stereocenters. The van der Waals surface area contributed by atoms with Crippen LogP contribution < -0.4 is 0 Å². The van der Waals surface area contributed by atoms with Crippen molar-refractivity contribution in [3.05, 3.63) is 89.0 Å². The van der Waals surface area contributed by atoms with Gasteiger partial charge in [0.05, 0.1) is 35.0 Å². The van der Waals surface area contributed by atoms with E-state index in [4.69, 9.17) is 9.47 Å². The number of sulfone groups is 1. The second-order valence-corrected chi connectivity index (χ2v) is 9.18. The summed E-state index contributed by atoms with van der Waals surface area (Å²) >= 11 is 0. The number of benzene rings is 3. The van der Waals surface area contributed by atoms with Crippen LogP contribution >= 0.6 is 0 Å². The molecule has 0 amide bonds. The van der Waals surface area contributed by atoms with E-state index < -0.39 is 39.2 Å². The van der Waals surface area contributed by atoms with Gasteiger partial charge < -0.3 is 9.47 Å². The summed E-state index contributed by atoms with van der Waals surface area (Å²) in [5.41, 5.74) is 0.314. The van der Waals surface area contributed by atoms with Gasteiger partial charge in [0, 0.05) is 11.6 Å². The van der Waals surface area contributed by atoms with Crippen LogP contribution in [0.4, 0.5) is 8.78 Å². The number of carbonyl (C=O) groups is 2. The van der Waals surface area contributed by atoms with E-state index in [9.17, 15) is 26.8 Å². The van der Waals surface area contributed by atoms with E-state index in [0.717, 1.165) is 12.1 Å². The number of carbonyl (C=O) groups excluding carboxylic acids is 2. The second-order valence-electron chi connectivity index (χ2n) is 7.19. The lowest BCUT2D eigenvalue weighted by atomic mass is 10.0. The van der Waals surface area contributed by atoms with Crippen molar-refractivity contribution in [1.82, 2.24) is 0 Å². The van der Waals surface area contributed by atoms with Gasteiger partial charge in [0.1, 0.15) is 11.6 Å². The quantitative estimate of drug-likeness (QED) is 0.417. The van der Waals surface area contributed by atoms with Gasteiger partial charge in [-0.1, -0.05) is 24.3 Å². The van der Waals surface area contributed by atoms with Crippen LogP contribution in [0.1, 0.15) is 40.1 Å². The minimum Gasteiger partial charge on any atom is -0.462 e. The third kappa shape index (κ3) is 5.48. The number of halogens is 2. The number of rotatable bonds is 8. The summed E-state index contributed by atoms with van der Waals surface area (Å²) in [5.74, 6) is -3.68. The van der Waals surface area contributed by atoms with Crippen molar-refractivity contribution in [1.29, 1.82) is 0 Å². The first-order valence-corrected chi connectivity index (χ1v) is 12.1. The van der Waals surface area contributed by atoms with Crippen LogP contribution in [0.25, 0.3) is 11.1 Å². The molecule has 0 saturated carbocycles. The molecule has 0 radical (unpaired) electrons. The number of hydrogen-bond acceptors (Lipinski definition) is 6. The molecule has 0 spiro atoms. The van der Waals surface area contributed by atoms with Crippen LogP contribution in [0.3, 0.4) is 0 Å². The van der Waals surface area contributed by atoms with Crippen molar-refractivity contribution in [2.45, 2.75) is 24.5 Å². The van der Waals surface area contributed by atoms with Crippen LogP contribution in [0.15, 0.2) is 65.6 Å². The Morgan fingerprint density at radius 2 is 1.50 bits per heavy atom. The summed E-state index contributed by atoms with van der Waals surface area (Å²) in [5, 5.41) is 0. The summed E-state index contributed by atoms with van der Waals surface area (Å²) in [7, 11) is -3.97. The van der Waals surface area contributed by atoms with Gasteiger partial charge in [-0.25, -0.2) is 26.8 Å². The van der Waals surface area contributed by atoms with Gasteiger partial charge in [0.25, 0.3) is 0 Å². The molecule has 0 heterocycles. The molecule has 0 aliphatic carbocycles. The highest BCUT2D eigenvalue weighted by atomic mass is 32.2. The molecule has 0 bridgehead atoms. The maximum atomic E-state index is 14.1. The van der Waals surface area contributed by atoms with Crippen molar-refractivity contribution >= 4 is 21.8 Å². The van der Waals surface area contributed by atoms with Crippen molar-refractivity contribution in [3.8, 4) is 11.1 Å². The van der Waals surface area contributed by atoms with Crippen LogP contribution in [0, 0.1) is 11.6 Å². The molecule has 3 rings (SSSR count). The Balaban J connectivity index is 1.97. The molecule has 0 fully saturated rings. The summed E-state index contributed by atoms with van der Waals surface area (Å²) < 4.78 is 63.5. The Kier molecular flexibility index (Phi) is 7.78. The zero-order valence-corrected chi connectivity index (χ0v) is 19.3. The normalized spacial score (nSPS) is 11.2. The van der Waals surface area contributed by atoms with Crippen LogP contribution in [-0.4, -0.2) is 33.6 Å². The molecule has 178 valence electrons. The van der Waals surface area contributed by atoms with Gasteiger partial charge in [0.15, 0.2) is 9.84 Å². The Morgan fingerprint density at radius 1 is 0.853 bits per heavy atom. The van der Waals surface area contributed by atoms with Crippen molar-refractivity contribution in [3.63, 3.8) is 0 Å². The first-order valence-electron chi connectivity index (χ1n) is 10.4. The predicted molar refractivity (Wildman–Crippen MR) is 121 cm³/mol. The SMILES string of the molecule is CCOC(=O)c1cccc(CS(=O)(=O)c2ccc(-c3ccc(F)cc3F)cc2)c1C(=O)OCC. The largest absolute Gasteiger partial charge is 0.462 e. The predicted octanol–water partition coefficient (Wildman–Crippen LogP) is 4.96. The molecule has 3 aromatic carbocycles. The summed E-state index contributed by atoms with van der Waals surface area (Å²) in [6.07, 6.45) is 0. The molecule has 0 aliphatic heterocycles. The zero-order chi connectivity index (χ0) is 24.9. The van der Waals surface area contributed by atoms with Crippen molar-refractivity contribution in [2.75, 3.05) is 13.2 Å². The molecule has 6 nitrogen and oxygen atoms in total. The fourth-order valence-electron chi connectivity index (χ4n) is 3.40. The Labute approximate surface area is 196 Å². The van der Waals surface area contributed by atoms with Gasteiger partial charge in [-0.2, -0.15) is 0 Å². The highest BCUT2D eigenvalue weighted by molar-refractivity contribution is 7.90. The molecule has 0 saturated heterocycles. The smallest absolute Gasteiger partial charge is 0.339 e. The third-order valence-electron chi connectivity index (χ3n) is 4.93. The van der Waals surface area contributed by atoms with Gasteiger partial charge in [-0.15, -0.1) is 0 Å². The van der Waals surface area contributed by atoms with Gasteiger partial charge in [0.2, 0.25) is 0 Å². The van der Waals surface area contributed by atoms with Crippen LogP contribution in [-0.2, 0) is 25.1 Å². The maximum absolute atomic E-state index is 14.1. The minimum atomic E-state index is -3.97. The molecule has 34 heavy (non-hydrogen) atoms. The molecule has 0 aromatic heterocycles. The number of hydrogen-bond donors (Lipinski definition) is 0. The van der Waals surface area contributed by atoms with Gasteiger partial charge >= 0.3 is 11.9 Å². The van der Waals surface area contributed by atoms with Crippen molar-refractivity contribution in [2.24, 2.45) is 0 Å². The second kappa shape index (κ2) is 10.6. The molecule has 9 heteroatoms. The van der Waals surface area contributed by atoms with E-state index in [2.05, 4.69) is 0 Å². The molecular weight excluding hydrogens is 466 g/mol. The van der Waals surface area contributed by atoms with Crippen LogP contribution in [0.2, 0.25) is 0 Å².